The van der Waals surface area contributed by atoms with E-state index in [0.29, 0.717) is 13.1 Å². The van der Waals surface area contributed by atoms with Gasteiger partial charge in [-0.15, -0.1) is 0 Å². The Balaban J connectivity index is 1.42. The molecule has 1 amide bonds. The highest BCUT2D eigenvalue weighted by molar-refractivity contribution is 6.00. The smallest absolute Gasteiger partial charge is 0.256 e. The molecule has 2 aliphatic heterocycles. The number of carbonyl (C=O) groups excluding carboxylic acids is 1. The number of aromatic nitrogens is 3. The molecule has 0 aliphatic carbocycles. The van der Waals surface area contributed by atoms with Crippen LogP contribution in [0.25, 0.3) is 5.65 Å². The molecule has 2 aromatic heterocycles. The number of likely N-dealkylation sites (N-methyl/N-ethyl adjacent to an activating group) is 1. The van der Waals surface area contributed by atoms with E-state index in [-0.39, 0.29) is 5.91 Å². The number of hydrogen-bond donors (Lipinski definition) is 0. The summed E-state index contributed by atoms with van der Waals surface area (Å²) in [6.07, 6.45) is 3.00. The number of aryl methyl sites for hydroxylation is 2. The highest BCUT2D eigenvalue weighted by Gasteiger charge is 2.31. The molecule has 0 radical (unpaired) electrons. The zero-order chi connectivity index (χ0) is 20.8. The van der Waals surface area contributed by atoms with Crippen molar-refractivity contribution in [3.05, 3.63) is 58.5 Å². The van der Waals surface area contributed by atoms with E-state index in [0.717, 1.165) is 72.0 Å². The van der Waals surface area contributed by atoms with Gasteiger partial charge < -0.3 is 14.7 Å². The maximum atomic E-state index is 13.5. The maximum absolute atomic E-state index is 13.5. The molecule has 30 heavy (non-hydrogen) atoms. The number of para-hydroxylation sites is 1. The Morgan fingerprint density at radius 2 is 1.87 bits per heavy atom. The first-order valence-electron chi connectivity index (χ1n) is 10.7. The second-order valence-corrected chi connectivity index (χ2v) is 8.51. The van der Waals surface area contributed by atoms with Crippen molar-refractivity contribution < 1.29 is 4.79 Å². The predicted molar refractivity (Wildman–Crippen MR) is 117 cm³/mol. The van der Waals surface area contributed by atoms with Gasteiger partial charge in [0.05, 0.1) is 24.3 Å². The molecule has 0 spiro atoms. The number of rotatable bonds is 2. The van der Waals surface area contributed by atoms with Crippen molar-refractivity contribution in [2.24, 2.45) is 0 Å². The minimum atomic E-state index is 0.0724. The molecular formula is C23H28N6O. The Bertz CT molecular complexity index is 1120. The number of hydrogen-bond acceptors (Lipinski definition) is 5. The summed E-state index contributed by atoms with van der Waals surface area (Å²) in [4.78, 5) is 24.7. The number of carbonyl (C=O) groups is 1. The van der Waals surface area contributed by atoms with Crippen molar-refractivity contribution >= 4 is 17.2 Å². The van der Waals surface area contributed by atoms with Crippen molar-refractivity contribution in [3.63, 3.8) is 0 Å². The van der Waals surface area contributed by atoms with E-state index >= 15 is 0 Å². The standard InChI is InChI=1S/C23H28N6O/c1-16-13-24-22-19-14-28(15-20(19)25-29(22)17(16)2)23(30)18-7-4-5-8-21(18)27-10-6-9-26(3)11-12-27/h4-5,7-8,13H,6,9-12,14-15H2,1-3H3. The molecule has 0 atom stereocenters. The molecular weight excluding hydrogens is 376 g/mol. The fraction of sp³-hybridized carbons (Fsp3) is 0.435. The second-order valence-electron chi connectivity index (χ2n) is 8.51. The van der Waals surface area contributed by atoms with Crippen molar-refractivity contribution in [1.82, 2.24) is 24.4 Å². The quantitative estimate of drug-likeness (QED) is 0.657. The summed E-state index contributed by atoms with van der Waals surface area (Å²) in [7, 11) is 2.16. The molecule has 3 aromatic rings. The van der Waals surface area contributed by atoms with E-state index in [1.54, 1.807) is 0 Å². The monoisotopic (exact) mass is 404 g/mol. The predicted octanol–water partition coefficient (Wildman–Crippen LogP) is 2.64. The van der Waals surface area contributed by atoms with E-state index < -0.39 is 0 Å². The van der Waals surface area contributed by atoms with E-state index in [9.17, 15) is 4.79 Å². The Labute approximate surface area is 176 Å². The first-order valence-corrected chi connectivity index (χ1v) is 10.7. The van der Waals surface area contributed by atoms with Gasteiger partial charge in [-0.3, -0.25) is 4.79 Å². The lowest BCUT2D eigenvalue weighted by Gasteiger charge is -2.26. The number of anilines is 1. The van der Waals surface area contributed by atoms with Crippen LogP contribution in [0.4, 0.5) is 5.69 Å². The van der Waals surface area contributed by atoms with Crippen LogP contribution in [0.1, 0.15) is 39.3 Å². The van der Waals surface area contributed by atoms with Gasteiger partial charge in [0.25, 0.3) is 5.91 Å². The van der Waals surface area contributed by atoms with Crippen molar-refractivity contribution in [2.45, 2.75) is 33.4 Å². The fourth-order valence-corrected chi connectivity index (χ4v) is 4.52. The third-order valence-corrected chi connectivity index (χ3v) is 6.48. The SMILES string of the molecule is Cc1cnc2c3c(nn2c1C)CN(C(=O)c1ccccc1N1CCCN(C)CC1)C3. The van der Waals surface area contributed by atoms with Gasteiger partial charge in [-0.2, -0.15) is 5.10 Å². The molecule has 4 heterocycles. The van der Waals surface area contributed by atoms with Crippen LogP contribution in [-0.2, 0) is 13.1 Å². The summed E-state index contributed by atoms with van der Waals surface area (Å²) in [5.74, 6) is 0.0724. The largest absolute Gasteiger partial charge is 0.370 e. The van der Waals surface area contributed by atoms with Crippen molar-refractivity contribution in [2.75, 3.05) is 38.1 Å². The normalized spacial score (nSPS) is 17.4. The van der Waals surface area contributed by atoms with Crippen molar-refractivity contribution in [3.8, 4) is 0 Å². The van der Waals surface area contributed by atoms with Crippen LogP contribution in [0.5, 0.6) is 0 Å². The van der Waals surface area contributed by atoms with Gasteiger partial charge in [-0.25, -0.2) is 9.50 Å². The Kier molecular flexibility index (Phi) is 4.70. The lowest BCUT2D eigenvalue weighted by Crippen LogP contribution is -2.32. The second kappa shape index (κ2) is 7.40. The van der Waals surface area contributed by atoms with Crippen LogP contribution in [0.2, 0.25) is 0 Å². The van der Waals surface area contributed by atoms with Crippen molar-refractivity contribution in [1.29, 1.82) is 0 Å². The van der Waals surface area contributed by atoms with E-state index in [2.05, 4.69) is 34.8 Å². The summed E-state index contributed by atoms with van der Waals surface area (Å²) in [5.41, 5.74) is 6.94. The summed E-state index contributed by atoms with van der Waals surface area (Å²) in [6, 6.07) is 8.03. The zero-order valence-corrected chi connectivity index (χ0v) is 17.9. The summed E-state index contributed by atoms with van der Waals surface area (Å²) in [5, 5.41) is 4.76. The average Bonchev–Trinajstić information content (AvgIpc) is 3.23. The average molecular weight is 405 g/mol. The van der Waals surface area contributed by atoms with Gasteiger partial charge in [-0.05, 0) is 51.6 Å². The van der Waals surface area contributed by atoms with Gasteiger partial charge in [-0.1, -0.05) is 12.1 Å². The van der Waals surface area contributed by atoms with Gasteiger partial charge in [0.2, 0.25) is 0 Å². The van der Waals surface area contributed by atoms with Gasteiger partial charge in [0, 0.05) is 42.8 Å². The molecule has 1 aromatic carbocycles. The van der Waals surface area contributed by atoms with E-state index in [4.69, 9.17) is 5.10 Å². The van der Waals surface area contributed by atoms with Crippen LogP contribution in [-0.4, -0.2) is 63.5 Å². The molecule has 0 bridgehead atoms. The highest BCUT2D eigenvalue weighted by Crippen LogP contribution is 2.30. The molecule has 7 nitrogen and oxygen atoms in total. The number of nitrogens with zero attached hydrogens (tertiary/aromatic N) is 6. The van der Waals surface area contributed by atoms with E-state index in [1.807, 2.05) is 40.7 Å². The van der Waals surface area contributed by atoms with Crippen LogP contribution in [0.3, 0.4) is 0 Å². The van der Waals surface area contributed by atoms with Crippen LogP contribution < -0.4 is 4.90 Å². The molecule has 5 rings (SSSR count). The molecule has 0 saturated carbocycles. The van der Waals surface area contributed by atoms with Gasteiger partial charge in [0.1, 0.15) is 0 Å². The van der Waals surface area contributed by atoms with Crippen LogP contribution in [0.15, 0.2) is 30.5 Å². The summed E-state index contributed by atoms with van der Waals surface area (Å²) < 4.78 is 1.92. The zero-order valence-electron chi connectivity index (χ0n) is 17.9. The molecule has 1 fully saturated rings. The minimum absolute atomic E-state index is 0.0724. The molecule has 156 valence electrons. The fourth-order valence-electron chi connectivity index (χ4n) is 4.52. The maximum Gasteiger partial charge on any atom is 0.256 e. The number of amides is 1. The molecule has 0 N–H and O–H groups in total. The highest BCUT2D eigenvalue weighted by atomic mass is 16.2. The topological polar surface area (TPSA) is 57.0 Å². The molecule has 1 saturated heterocycles. The van der Waals surface area contributed by atoms with E-state index in [1.165, 1.54) is 0 Å². The lowest BCUT2D eigenvalue weighted by atomic mass is 10.1. The third-order valence-electron chi connectivity index (χ3n) is 6.48. The Morgan fingerprint density at radius 3 is 2.73 bits per heavy atom. The Hall–Kier alpha value is -2.93. The van der Waals surface area contributed by atoms with Crippen LogP contribution in [0, 0.1) is 13.8 Å². The minimum Gasteiger partial charge on any atom is -0.370 e. The number of benzene rings is 1. The first kappa shape index (κ1) is 19.1. The first-order chi connectivity index (χ1) is 14.5. The summed E-state index contributed by atoms with van der Waals surface area (Å²) >= 11 is 0. The molecule has 7 heteroatoms. The molecule has 2 aliphatic rings. The number of fused-ring (bicyclic) bond motifs is 3. The Morgan fingerprint density at radius 1 is 1.03 bits per heavy atom. The molecule has 0 unspecified atom stereocenters. The summed E-state index contributed by atoms with van der Waals surface area (Å²) in [6.45, 7) is 9.23. The van der Waals surface area contributed by atoms with Crippen LogP contribution >= 0.6 is 0 Å². The van der Waals surface area contributed by atoms with Gasteiger partial charge in [0.15, 0.2) is 5.65 Å². The van der Waals surface area contributed by atoms with Gasteiger partial charge >= 0.3 is 0 Å². The lowest BCUT2D eigenvalue weighted by molar-refractivity contribution is 0.0750. The third kappa shape index (κ3) is 3.13.